The molecule has 11 heavy (non-hydrogen) atoms. The van der Waals surface area contributed by atoms with Gasteiger partial charge in [-0.1, -0.05) is 18.2 Å². The smallest absolute Gasteiger partial charge is 0.115 e. The van der Waals surface area contributed by atoms with E-state index in [2.05, 4.69) is 6.07 Å². The van der Waals surface area contributed by atoms with Crippen LogP contribution in [-0.4, -0.2) is 18.4 Å². The lowest BCUT2D eigenvalue weighted by Crippen LogP contribution is -2.23. The van der Waals surface area contributed by atoms with E-state index >= 15 is 0 Å². The van der Waals surface area contributed by atoms with Gasteiger partial charge in [0, 0.05) is 18.3 Å². The number of aliphatic hydroxyl groups is 1. The highest BCUT2D eigenvalue weighted by Crippen LogP contribution is 2.09. The molecule has 0 spiro atoms. The number of nitrogens with zero attached hydrogens (tertiary/aromatic N) is 1. The van der Waals surface area contributed by atoms with Gasteiger partial charge in [-0.3, -0.25) is 0 Å². The van der Waals surface area contributed by atoms with Gasteiger partial charge in [-0.05, 0) is 13.0 Å². The van der Waals surface area contributed by atoms with Gasteiger partial charge in [0.2, 0.25) is 0 Å². The highest BCUT2D eigenvalue weighted by molar-refractivity contribution is 5.43. The molecule has 0 aliphatic carbocycles. The minimum absolute atomic E-state index is 0.0526. The van der Waals surface area contributed by atoms with E-state index in [1.165, 1.54) is 0 Å². The number of anilines is 1. The molecule has 0 amide bonds. The van der Waals surface area contributed by atoms with Crippen LogP contribution in [-0.2, 0) is 0 Å². The van der Waals surface area contributed by atoms with Crippen LogP contribution in [0.1, 0.15) is 6.92 Å². The van der Waals surface area contributed by atoms with Gasteiger partial charge in [0.05, 0.1) is 0 Å². The fraction of sp³-hybridized carbons (Fsp3) is 0.333. The number of aliphatic hydroxyl groups excluding tert-OH is 1. The van der Waals surface area contributed by atoms with Gasteiger partial charge in [-0.15, -0.1) is 0 Å². The van der Waals surface area contributed by atoms with Crippen molar-refractivity contribution < 1.29 is 5.11 Å². The van der Waals surface area contributed by atoms with Crippen LogP contribution in [0.5, 0.6) is 0 Å². The van der Waals surface area contributed by atoms with Crippen molar-refractivity contribution in [1.29, 1.82) is 0 Å². The van der Waals surface area contributed by atoms with E-state index in [9.17, 15) is 0 Å². The molecular weight excluding hydrogens is 138 g/mol. The van der Waals surface area contributed by atoms with Crippen LogP contribution in [0.3, 0.4) is 0 Å². The van der Waals surface area contributed by atoms with Crippen molar-refractivity contribution in [1.82, 2.24) is 0 Å². The van der Waals surface area contributed by atoms with Gasteiger partial charge in [0.1, 0.15) is 6.73 Å². The molecule has 0 atom stereocenters. The monoisotopic (exact) mass is 150 g/mol. The Morgan fingerprint density at radius 3 is 2.82 bits per heavy atom. The van der Waals surface area contributed by atoms with Gasteiger partial charge >= 0.3 is 0 Å². The van der Waals surface area contributed by atoms with E-state index in [1.807, 2.05) is 36.1 Å². The topological polar surface area (TPSA) is 23.5 Å². The van der Waals surface area contributed by atoms with Crippen LogP contribution in [0.2, 0.25) is 0 Å². The molecule has 0 bridgehead atoms. The first-order valence-corrected chi connectivity index (χ1v) is 3.71. The Morgan fingerprint density at radius 1 is 1.55 bits per heavy atom. The second-order valence-corrected chi connectivity index (χ2v) is 2.25. The Hall–Kier alpha value is -1.02. The maximum atomic E-state index is 8.89. The number of rotatable bonds is 3. The van der Waals surface area contributed by atoms with Crippen molar-refractivity contribution >= 4 is 5.69 Å². The Kier molecular flexibility index (Phi) is 2.93. The molecule has 0 saturated carbocycles. The normalized spacial score (nSPS) is 9.64. The molecule has 1 rings (SSSR count). The molecule has 1 N–H and O–H groups in total. The molecule has 0 aliphatic rings. The summed E-state index contributed by atoms with van der Waals surface area (Å²) in [6.07, 6.45) is 0. The Labute approximate surface area is 67.1 Å². The lowest BCUT2D eigenvalue weighted by atomic mass is 10.3. The molecule has 0 aromatic heterocycles. The largest absolute Gasteiger partial charge is 0.376 e. The van der Waals surface area contributed by atoms with Crippen molar-refractivity contribution in [2.75, 3.05) is 18.2 Å². The van der Waals surface area contributed by atoms with Gasteiger partial charge in [-0.2, -0.15) is 0 Å². The maximum Gasteiger partial charge on any atom is 0.115 e. The lowest BCUT2D eigenvalue weighted by molar-refractivity contribution is 0.293. The zero-order valence-electron chi connectivity index (χ0n) is 6.62. The van der Waals surface area contributed by atoms with E-state index in [-0.39, 0.29) is 6.73 Å². The summed E-state index contributed by atoms with van der Waals surface area (Å²) in [4.78, 5) is 1.83. The SMILES string of the molecule is CCN(CO)c1[c]cccc1. The summed E-state index contributed by atoms with van der Waals surface area (Å²) in [5.41, 5.74) is 0.942. The summed E-state index contributed by atoms with van der Waals surface area (Å²) in [5, 5.41) is 8.89. The van der Waals surface area contributed by atoms with Crippen LogP contribution in [0, 0.1) is 6.07 Å². The first-order valence-electron chi connectivity index (χ1n) is 3.71. The molecule has 1 radical (unpaired) electrons. The molecule has 2 nitrogen and oxygen atoms in total. The van der Waals surface area contributed by atoms with E-state index in [1.54, 1.807) is 0 Å². The lowest BCUT2D eigenvalue weighted by Gasteiger charge is -2.18. The minimum atomic E-state index is 0.0526. The molecule has 0 unspecified atom stereocenters. The molecular formula is C9H12NO. The van der Waals surface area contributed by atoms with Crippen LogP contribution < -0.4 is 4.90 Å². The van der Waals surface area contributed by atoms with Crippen molar-refractivity contribution in [3.8, 4) is 0 Å². The van der Waals surface area contributed by atoms with E-state index in [4.69, 9.17) is 5.11 Å². The van der Waals surface area contributed by atoms with Crippen LogP contribution in [0.15, 0.2) is 24.3 Å². The summed E-state index contributed by atoms with van der Waals surface area (Å²) in [6.45, 7) is 2.85. The third-order valence-electron chi connectivity index (χ3n) is 1.59. The fourth-order valence-electron chi connectivity index (χ4n) is 0.927. The third-order valence-corrected chi connectivity index (χ3v) is 1.59. The highest BCUT2D eigenvalue weighted by Gasteiger charge is 1.98. The fourth-order valence-corrected chi connectivity index (χ4v) is 0.927. The van der Waals surface area contributed by atoms with Gasteiger partial charge in [-0.25, -0.2) is 0 Å². The molecule has 0 fully saturated rings. The molecule has 1 aromatic rings. The summed E-state index contributed by atoms with van der Waals surface area (Å²) >= 11 is 0. The van der Waals surface area contributed by atoms with Gasteiger partial charge < -0.3 is 10.0 Å². The van der Waals surface area contributed by atoms with Crippen molar-refractivity contribution in [2.24, 2.45) is 0 Å². The molecule has 2 heteroatoms. The van der Waals surface area contributed by atoms with Crippen LogP contribution in [0.25, 0.3) is 0 Å². The molecule has 1 aromatic carbocycles. The van der Waals surface area contributed by atoms with E-state index < -0.39 is 0 Å². The first kappa shape index (κ1) is 8.08. The summed E-state index contributed by atoms with van der Waals surface area (Å²) < 4.78 is 0. The standard InChI is InChI=1S/C9H12NO/c1-2-10(8-11)9-6-4-3-5-7-9/h3-6,11H,2,8H2,1H3. The summed E-state index contributed by atoms with van der Waals surface area (Å²) in [7, 11) is 0. The molecule has 0 heterocycles. The van der Waals surface area contributed by atoms with Crippen molar-refractivity contribution in [3.05, 3.63) is 30.3 Å². The van der Waals surface area contributed by atoms with Gasteiger partial charge in [0.15, 0.2) is 0 Å². The zero-order valence-corrected chi connectivity index (χ0v) is 6.62. The molecule has 0 saturated heterocycles. The second kappa shape index (κ2) is 3.98. The predicted octanol–water partition coefficient (Wildman–Crippen LogP) is 1.26. The number of hydrogen-bond donors (Lipinski definition) is 1. The average Bonchev–Trinajstić information content (AvgIpc) is 2.09. The third kappa shape index (κ3) is 1.95. The average molecular weight is 150 g/mol. The van der Waals surface area contributed by atoms with Crippen molar-refractivity contribution in [3.63, 3.8) is 0 Å². The minimum Gasteiger partial charge on any atom is -0.376 e. The van der Waals surface area contributed by atoms with E-state index in [0.29, 0.717) is 0 Å². The second-order valence-electron chi connectivity index (χ2n) is 2.25. The van der Waals surface area contributed by atoms with Crippen molar-refractivity contribution in [2.45, 2.75) is 6.92 Å². The number of hydrogen-bond acceptors (Lipinski definition) is 2. The van der Waals surface area contributed by atoms with Gasteiger partial charge in [0.25, 0.3) is 0 Å². The maximum absolute atomic E-state index is 8.89. The summed E-state index contributed by atoms with van der Waals surface area (Å²) in [6, 6.07) is 10.7. The van der Waals surface area contributed by atoms with Crippen LogP contribution >= 0.6 is 0 Å². The predicted molar refractivity (Wildman–Crippen MR) is 45.4 cm³/mol. The summed E-state index contributed by atoms with van der Waals surface area (Å²) in [5.74, 6) is 0. The quantitative estimate of drug-likeness (QED) is 0.656. The number of benzene rings is 1. The Bertz CT molecular complexity index is 194. The zero-order chi connectivity index (χ0) is 8.10. The first-order chi connectivity index (χ1) is 5.38. The van der Waals surface area contributed by atoms with Crippen LogP contribution in [0.4, 0.5) is 5.69 Å². The molecule has 59 valence electrons. The Balaban J connectivity index is 2.74. The highest BCUT2D eigenvalue weighted by atomic mass is 16.3. The van der Waals surface area contributed by atoms with E-state index in [0.717, 1.165) is 12.2 Å². The number of para-hydroxylation sites is 1. The molecule has 0 aliphatic heterocycles. The Morgan fingerprint density at radius 2 is 2.36 bits per heavy atom.